The second-order valence-corrected chi connectivity index (χ2v) is 5.81. The highest BCUT2D eigenvalue weighted by Gasteiger charge is 2.16. The molecule has 2 N–H and O–H groups in total. The van der Waals surface area contributed by atoms with Crippen molar-refractivity contribution in [2.45, 2.75) is 20.3 Å². The lowest BCUT2D eigenvalue weighted by Gasteiger charge is -2.14. The molecule has 24 heavy (non-hydrogen) atoms. The maximum atomic E-state index is 12.2. The number of carbonyl (C=O) groups is 2. The second kappa shape index (κ2) is 7.64. The van der Waals surface area contributed by atoms with Crippen LogP contribution in [0.3, 0.4) is 0 Å². The molecule has 5 nitrogen and oxygen atoms in total. The van der Waals surface area contributed by atoms with Crippen LogP contribution in [0.2, 0.25) is 0 Å². The van der Waals surface area contributed by atoms with Crippen LogP contribution in [0.15, 0.2) is 42.5 Å². The monoisotopic (exact) mass is 325 g/mol. The molecule has 0 fully saturated rings. The molecule has 2 rings (SSSR count). The summed E-state index contributed by atoms with van der Waals surface area (Å²) in [6, 6.07) is 13.1. The number of carbonyl (C=O) groups excluding carboxylic acids is 2. The van der Waals surface area contributed by atoms with Gasteiger partial charge in [-0.2, -0.15) is 0 Å². The van der Waals surface area contributed by atoms with Gasteiger partial charge in [0.05, 0.1) is 0 Å². The van der Waals surface area contributed by atoms with E-state index in [1.807, 2.05) is 63.2 Å². The van der Waals surface area contributed by atoms with E-state index in [0.29, 0.717) is 11.4 Å². The van der Waals surface area contributed by atoms with Crippen molar-refractivity contribution in [1.29, 1.82) is 0 Å². The second-order valence-electron chi connectivity index (χ2n) is 5.81. The van der Waals surface area contributed by atoms with Gasteiger partial charge in [-0.3, -0.25) is 9.59 Å². The topological polar surface area (TPSA) is 61.4 Å². The average molecular weight is 325 g/mol. The van der Waals surface area contributed by atoms with Crippen molar-refractivity contribution in [2.24, 2.45) is 0 Å². The summed E-state index contributed by atoms with van der Waals surface area (Å²) >= 11 is 0. The van der Waals surface area contributed by atoms with Gasteiger partial charge in [-0.15, -0.1) is 0 Å². The number of rotatable bonds is 4. The van der Waals surface area contributed by atoms with Crippen LogP contribution in [0, 0.1) is 6.92 Å². The van der Waals surface area contributed by atoms with Crippen molar-refractivity contribution in [1.82, 2.24) is 0 Å². The molecule has 2 aromatic rings. The molecular weight excluding hydrogens is 302 g/mol. The van der Waals surface area contributed by atoms with Crippen LogP contribution in [-0.2, 0) is 16.0 Å². The van der Waals surface area contributed by atoms with E-state index in [4.69, 9.17) is 0 Å². The Bertz CT molecular complexity index is 737. The van der Waals surface area contributed by atoms with Crippen molar-refractivity contribution in [3.63, 3.8) is 0 Å². The molecule has 0 aromatic heterocycles. The number of para-hydroxylation sites is 1. The molecule has 0 bridgehead atoms. The van der Waals surface area contributed by atoms with Gasteiger partial charge in [-0.25, -0.2) is 0 Å². The molecule has 0 saturated carbocycles. The first kappa shape index (κ1) is 17.5. The van der Waals surface area contributed by atoms with Crippen molar-refractivity contribution >= 4 is 28.9 Å². The van der Waals surface area contributed by atoms with E-state index in [9.17, 15) is 9.59 Å². The zero-order valence-electron chi connectivity index (χ0n) is 14.5. The number of nitrogens with one attached hydrogen (secondary N) is 2. The van der Waals surface area contributed by atoms with E-state index in [0.717, 1.165) is 23.2 Å². The molecular formula is C19H23N3O2. The van der Waals surface area contributed by atoms with E-state index in [1.54, 1.807) is 12.1 Å². The molecule has 0 heterocycles. The number of amides is 2. The highest BCUT2D eigenvalue weighted by atomic mass is 16.2. The minimum absolute atomic E-state index is 0.584. The largest absolute Gasteiger partial charge is 0.378 e. The maximum absolute atomic E-state index is 12.2. The lowest BCUT2D eigenvalue weighted by Crippen LogP contribution is -2.29. The summed E-state index contributed by atoms with van der Waals surface area (Å²) < 4.78 is 0. The van der Waals surface area contributed by atoms with Gasteiger partial charge < -0.3 is 15.5 Å². The quantitative estimate of drug-likeness (QED) is 0.849. The van der Waals surface area contributed by atoms with Gasteiger partial charge in [-0.1, -0.05) is 25.1 Å². The Kier molecular flexibility index (Phi) is 5.58. The minimum atomic E-state index is -0.682. The fourth-order valence-corrected chi connectivity index (χ4v) is 2.40. The number of anilines is 3. The van der Waals surface area contributed by atoms with Gasteiger partial charge in [0.25, 0.3) is 0 Å². The number of hydrogen-bond acceptors (Lipinski definition) is 3. The van der Waals surface area contributed by atoms with E-state index < -0.39 is 11.8 Å². The van der Waals surface area contributed by atoms with Gasteiger partial charge >= 0.3 is 11.8 Å². The zero-order chi connectivity index (χ0) is 17.7. The number of hydrogen-bond donors (Lipinski definition) is 2. The first-order valence-corrected chi connectivity index (χ1v) is 7.90. The normalized spacial score (nSPS) is 10.2. The minimum Gasteiger partial charge on any atom is -0.378 e. The van der Waals surface area contributed by atoms with Crippen molar-refractivity contribution in [2.75, 3.05) is 29.6 Å². The Morgan fingerprint density at radius 2 is 1.58 bits per heavy atom. The van der Waals surface area contributed by atoms with Crippen molar-refractivity contribution in [3.05, 3.63) is 53.6 Å². The molecule has 0 unspecified atom stereocenters. The maximum Gasteiger partial charge on any atom is 0.314 e. The molecule has 0 aliphatic carbocycles. The van der Waals surface area contributed by atoms with Gasteiger partial charge in [0.2, 0.25) is 0 Å². The summed E-state index contributed by atoms with van der Waals surface area (Å²) in [6.07, 6.45) is 0.783. The fraction of sp³-hybridized carbons (Fsp3) is 0.263. The summed E-state index contributed by atoms with van der Waals surface area (Å²) in [6.45, 7) is 3.92. The summed E-state index contributed by atoms with van der Waals surface area (Å²) in [4.78, 5) is 26.3. The van der Waals surface area contributed by atoms with Crippen LogP contribution in [0.1, 0.15) is 18.1 Å². The highest BCUT2D eigenvalue weighted by molar-refractivity contribution is 6.43. The number of benzene rings is 2. The van der Waals surface area contributed by atoms with Crippen molar-refractivity contribution < 1.29 is 9.59 Å². The molecule has 0 saturated heterocycles. The lowest BCUT2D eigenvalue weighted by atomic mass is 10.1. The predicted molar refractivity (Wildman–Crippen MR) is 98.6 cm³/mol. The Balaban J connectivity index is 2.06. The van der Waals surface area contributed by atoms with Gasteiger partial charge in [0.15, 0.2) is 0 Å². The predicted octanol–water partition coefficient (Wildman–Crippen LogP) is 3.20. The van der Waals surface area contributed by atoms with E-state index in [1.165, 1.54) is 0 Å². The van der Waals surface area contributed by atoms with E-state index >= 15 is 0 Å². The number of nitrogens with zero attached hydrogens (tertiary/aromatic N) is 1. The highest BCUT2D eigenvalue weighted by Crippen LogP contribution is 2.21. The smallest absolute Gasteiger partial charge is 0.314 e. The van der Waals surface area contributed by atoms with E-state index in [-0.39, 0.29) is 0 Å². The third-order valence-corrected chi connectivity index (χ3v) is 3.83. The van der Waals surface area contributed by atoms with Crippen LogP contribution in [0.5, 0.6) is 0 Å². The van der Waals surface area contributed by atoms with Gasteiger partial charge in [-0.05, 0) is 48.7 Å². The Hall–Kier alpha value is -2.82. The summed E-state index contributed by atoms with van der Waals surface area (Å²) in [5, 5.41) is 5.34. The standard InChI is InChI=1S/C19H23N3O2/c1-5-14-8-6-7-13(2)17(14)21-19(24)18(23)20-15-9-11-16(12-10-15)22(3)4/h6-12H,5H2,1-4H3,(H,20,23)(H,21,24). The van der Waals surface area contributed by atoms with Crippen LogP contribution in [0.25, 0.3) is 0 Å². The first-order valence-electron chi connectivity index (χ1n) is 7.90. The molecule has 126 valence electrons. The molecule has 0 radical (unpaired) electrons. The summed E-state index contributed by atoms with van der Waals surface area (Å²) in [5.74, 6) is -1.35. The Morgan fingerprint density at radius 1 is 0.958 bits per heavy atom. The fourth-order valence-electron chi connectivity index (χ4n) is 2.40. The summed E-state index contributed by atoms with van der Waals surface area (Å²) in [7, 11) is 3.88. The third-order valence-electron chi connectivity index (χ3n) is 3.83. The Morgan fingerprint density at radius 3 is 2.17 bits per heavy atom. The molecule has 0 atom stereocenters. The third kappa shape index (κ3) is 4.13. The van der Waals surface area contributed by atoms with Crippen molar-refractivity contribution in [3.8, 4) is 0 Å². The SMILES string of the molecule is CCc1cccc(C)c1NC(=O)C(=O)Nc1ccc(N(C)C)cc1. The average Bonchev–Trinajstić information content (AvgIpc) is 2.57. The Labute approximate surface area is 142 Å². The van der Waals surface area contributed by atoms with Gasteiger partial charge in [0, 0.05) is 31.2 Å². The van der Waals surface area contributed by atoms with Gasteiger partial charge in [0.1, 0.15) is 0 Å². The summed E-state index contributed by atoms with van der Waals surface area (Å²) in [5.41, 5.74) is 4.26. The first-order chi connectivity index (χ1) is 11.4. The van der Waals surface area contributed by atoms with E-state index in [2.05, 4.69) is 10.6 Å². The molecule has 5 heteroatoms. The number of aryl methyl sites for hydroxylation is 2. The van der Waals surface area contributed by atoms with Crippen LogP contribution >= 0.6 is 0 Å². The van der Waals surface area contributed by atoms with Crippen LogP contribution in [0.4, 0.5) is 17.1 Å². The molecule has 2 amide bonds. The molecule has 0 aliphatic heterocycles. The van der Waals surface area contributed by atoms with Crippen LogP contribution < -0.4 is 15.5 Å². The molecule has 2 aromatic carbocycles. The lowest BCUT2D eigenvalue weighted by molar-refractivity contribution is -0.133. The molecule has 0 spiro atoms. The van der Waals surface area contributed by atoms with Crippen LogP contribution in [-0.4, -0.2) is 25.9 Å². The zero-order valence-corrected chi connectivity index (χ0v) is 14.5. The molecule has 0 aliphatic rings.